The van der Waals surface area contributed by atoms with Crippen molar-refractivity contribution in [3.63, 3.8) is 0 Å². The molecule has 2 fully saturated rings. The van der Waals surface area contributed by atoms with Crippen LogP contribution in [0.4, 0.5) is 5.95 Å². The molecule has 2 aliphatic heterocycles. The number of sulfone groups is 1. The Morgan fingerprint density at radius 2 is 1.90 bits per heavy atom. The van der Waals surface area contributed by atoms with Crippen LogP contribution in [0.1, 0.15) is 49.3 Å². The van der Waals surface area contributed by atoms with Crippen molar-refractivity contribution in [2.45, 2.75) is 49.3 Å². The molecule has 1 amide bonds. The molecule has 0 aromatic carbocycles. The summed E-state index contributed by atoms with van der Waals surface area (Å²) in [5.74, 6) is 0.784. The average Bonchev–Trinajstić information content (AvgIpc) is 3.26. The third-order valence-corrected chi connectivity index (χ3v) is 7.82. The Morgan fingerprint density at radius 1 is 1.17 bits per heavy atom. The molecule has 2 aliphatic rings. The van der Waals surface area contributed by atoms with Crippen LogP contribution >= 0.6 is 11.3 Å². The number of rotatable bonds is 5. The zero-order chi connectivity index (χ0) is 21.1. The fourth-order valence-electron chi connectivity index (χ4n) is 4.28. The Labute approximate surface area is 182 Å². The van der Waals surface area contributed by atoms with Gasteiger partial charge in [0.05, 0.1) is 18.3 Å². The summed E-state index contributed by atoms with van der Waals surface area (Å²) < 4.78 is 24.8. The predicted octanol–water partition coefficient (Wildman–Crippen LogP) is 2.88. The molecule has 7 nitrogen and oxygen atoms in total. The molecular formula is C21H28N4O3S2. The van der Waals surface area contributed by atoms with Crippen LogP contribution < -0.4 is 4.90 Å². The summed E-state index contributed by atoms with van der Waals surface area (Å²) in [6, 6.07) is 1.98. The maximum Gasteiger partial charge on any atom is 0.227 e. The Morgan fingerprint density at radius 3 is 2.53 bits per heavy atom. The molecule has 162 valence electrons. The quantitative estimate of drug-likeness (QED) is 0.699. The van der Waals surface area contributed by atoms with Crippen LogP contribution in [0, 0.1) is 0 Å². The summed E-state index contributed by atoms with van der Waals surface area (Å²) in [6.07, 6.45) is 7.99. The molecule has 2 aromatic rings. The van der Waals surface area contributed by atoms with Gasteiger partial charge in [0, 0.05) is 38.4 Å². The standard InChI is InChI=1S/C21H28N4O3S2/c1-30(27,28)18-14-22-21(25-8-3-2-4-9-25)23-20(18)17-5-10-24(11-6-17)19(26)13-16-7-12-29-15-16/h7,12,14-15,17H,2-6,8-11,13H2,1H3. The topological polar surface area (TPSA) is 83.5 Å². The Hall–Kier alpha value is -2.00. The van der Waals surface area contributed by atoms with Gasteiger partial charge in [-0.25, -0.2) is 18.4 Å². The van der Waals surface area contributed by atoms with Gasteiger partial charge >= 0.3 is 0 Å². The van der Waals surface area contributed by atoms with Crippen LogP contribution in [-0.2, 0) is 21.1 Å². The van der Waals surface area contributed by atoms with E-state index in [0.717, 1.165) is 31.5 Å². The molecule has 0 bridgehead atoms. The number of hydrogen-bond donors (Lipinski definition) is 0. The smallest absolute Gasteiger partial charge is 0.227 e. The van der Waals surface area contributed by atoms with Crippen molar-refractivity contribution in [2.75, 3.05) is 37.3 Å². The Balaban J connectivity index is 1.50. The molecule has 0 atom stereocenters. The van der Waals surface area contributed by atoms with Gasteiger partial charge in [0.2, 0.25) is 11.9 Å². The zero-order valence-corrected chi connectivity index (χ0v) is 18.9. The zero-order valence-electron chi connectivity index (χ0n) is 17.3. The third kappa shape index (κ3) is 4.83. The van der Waals surface area contributed by atoms with Crippen molar-refractivity contribution >= 4 is 33.0 Å². The van der Waals surface area contributed by atoms with Crippen LogP contribution in [0.5, 0.6) is 0 Å². The number of amides is 1. The lowest BCUT2D eigenvalue weighted by atomic mass is 9.93. The predicted molar refractivity (Wildman–Crippen MR) is 118 cm³/mol. The monoisotopic (exact) mass is 448 g/mol. The molecular weight excluding hydrogens is 420 g/mol. The van der Waals surface area contributed by atoms with E-state index in [1.54, 1.807) is 11.3 Å². The maximum atomic E-state index is 12.6. The van der Waals surface area contributed by atoms with Gasteiger partial charge in [-0.05, 0) is 54.5 Å². The lowest BCUT2D eigenvalue weighted by Crippen LogP contribution is -2.39. The van der Waals surface area contributed by atoms with Crippen LogP contribution in [0.25, 0.3) is 0 Å². The van der Waals surface area contributed by atoms with E-state index in [1.165, 1.54) is 18.9 Å². The number of likely N-dealkylation sites (tertiary alicyclic amines) is 1. The summed E-state index contributed by atoms with van der Waals surface area (Å²) in [6.45, 7) is 3.07. The van der Waals surface area contributed by atoms with Crippen molar-refractivity contribution in [1.82, 2.24) is 14.9 Å². The summed E-state index contributed by atoms with van der Waals surface area (Å²) in [7, 11) is -3.42. The second kappa shape index (κ2) is 9.01. The first-order valence-electron chi connectivity index (χ1n) is 10.5. The number of carbonyl (C=O) groups excluding carboxylic acids is 1. The van der Waals surface area contributed by atoms with Crippen molar-refractivity contribution < 1.29 is 13.2 Å². The van der Waals surface area contributed by atoms with Gasteiger partial charge in [0.15, 0.2) is 9.84 Å². The number of nitrogens with zero attached hydrogens (tertiary/aromatic N) is 4. The van der Waals surface area contributed by atoms with E-state index in [9.17, 15) is 13.2 Å². The van der Waals surface area contributed by atoms with Gasteiger partial charge in [0.25, 0.3) is 0 Å². The fourth-order valence-corrected chi connectivity index (χ4v) is 5.79. The second-order valence-electron chi connectivity index (χ2n) is 8.20. The number of carbonyl (C=O) groups is 1. The molecule has 2 aromatic heterocycles. The van der Waals surface area contributed by atoms with Crippen LogP contribution in [0.2, 0.25) is 0 Å². The van der Waals surface area contributed by atoms with Crippen molar-refractivity contribution in [1.29, 1.82) is 0 Å². The lowest BCUT2D eigenvalue weighted by Gasteiger charge is -2.33. The van der Waals surface area contributed by atoms with Gasteiger partial charge in [-0.2, -0.15) is 11.3 Å². The van der Waals surface area contributed by atoms with Gasteiger partial charge in [0.1, 0.15) is 4.90 Å². The molecule has 0 spiro atoms. The summed E-state index contributed by atoms with van der Waals surface area (Å²) >= 11 is 1.60. The van der Waals surface area contributed by atoms with Crippen molar-refractivity contribution in [3.05, 3.63) is 34.3 Å². The highest BCUT2D eigenvalue weighted by atomic mass is 32.2. The number of hydrogen-bond acceptors (Lipinski definition) is 7. The minimum Gasteiger partial charge on any atom is -0.342 e. The number of piperidine rings is 2. The van der Waals surface area contributed by atoms with E-state index in [0.29, 0.717) is 44.0 Å². The SMILES string of the molecule is CS(=O)(=O)c1cnc(N2CCCCC2)nc1C1CCN(C(=O)Cc2ccsc2)CC1. The molecule has 30 heavy (non-hydrogen) atoms. The van der Waals surface area contributed by atoms with Crippen LogP contribution in [0.3, 0.4) is 0 Å². The molecule has 4 heterocycles. The molecule has 0 N–H and O–H groups in total. The molecule has 0 radical (unpaired) electrons. The highest BCUT2D eigenvalue weighted by Gasteiger charge is 2.30. The normalized spacial score (nSPS) is 18.6. The van der Waals surface area contributed by atoms with E-state index in [4.69, 9.17) is 4.98 Å². The Kier molecular flexibility index (Phi) is 6.38. The van der Waals surface area contributed by atoms with Crippen LogP contribution in [0.15, 0.2) is 27.9 Å². The number of aromatic nitrogens is 2. The first kappa shape index (κ1) is 21.2. The van der Waals surface area contributed by atoms with Crippen molar-refractivity contribution in [3.8, 4) is 0 Å². The molecule has 0 aliphatic carbocycles. The lowest BCUT2D eigenvalue weighted by molar-refractivity contribution is -0.131. The van der Waals surface area contributed by atoms with Gasteiger partial charge < -0.3 is 9.80 Å². The molecule has 9 heteroatoms. The molecule has 2 saturated heterocycles. The van der Waals surface area contributed by atoms with Gasteiger partial charge in [-0.1, -0.05) is 0 Å². The minimum atomic E-state index is -3.42. The third-order valence-electron chi connectivity index (χ3n) is 5.98. The largest absolute Gasteiger partial charge is 0.342 e. The van der Waals surface area contributed by atoms with E-state index in [2.05, 4.69) is 9.88 Å². The highest BCUT2D eigenvalue weighted by molar-refractivity contribution is 7.90. The molecule has 0 saturated carbocycles. The summed E-state index contributed by atoms with van der Waals surface area (Å²) in [4.78, 5) is 26.0. The average molecular weight is 449 g/mol. The van der Waals surface area contributed by atoms with Gasteiger partial charge in [-0.15, -0.1) is 0 Å². The van der Waals surface area contributed by atoms with Crippen molar-refractivity contribution in [2.24, 2.45) is 0 Å². The van der Waals surface area contributed by atoms with Gasteiger partial charge in [-0.3, -0.25) is 4.79 Å². The highest BCUT2D eigenvalue weighted by Crippen LogP contribution is 2.32. The minimum absolute atomic E-state index is 0.0199. The number of thiophene rings is 1. The maximum absolute atomic E-state index is 12.6. The van der Waals surface area contributed by atoms with E-state index >= 15 is 0 Å². The summed E-state index contributed by atoms with van der Waals surface area (Å²) in [5, 5.41) is 3.99. The molecule has 0 unspecified atom stereocenters. The number of anilines is 1. The fraction of sp³-hybridized carbons (Fsp3) is 0.571. The van der Waals surface area contributed by atoms with E-state index in [1.807, 2.05) is 21.7 Å². The first-order valence-corrected chi connectivity index (χ1v) is 13.4. The van der Waals surface area contributed by atoms with E-state index in [-0.39, 0.29) is 16.7 Å². The summed E-state index contributed by atoms with van der Waals surface area (Å²) in [5.41, 5.74) is 1.67. The molecule has 4 rings (SSSR count). The first-order chi connectivity index (χ1) is 14.4. The Bertz CT molecular complexity index is 978. The van der Waals surface area contributed by atoms with Crippen LogP contribution in [-0.4, -0.2) is 61.6 Å². The van der Waals surface area contributed by atoms with E-state index < -0.39 is 9.84 Å². The second-order valence-corrected chi connectivity index (χ2v) is 11.0.